The van der Waals surface area contributed by atoms with Crippen LogP contribution in [-0.2, 0) is 16.1 Å². The van der Waals surface area contributed by atoms with Crippen LogP contribution in [0.25, 0.3) is 28.2 Å². The molecule has 202 valence electrons. The van der Waals surface area contributed by atoms with Crippen LogP contribution in [-0.4, -0.2) is 54.6 Å². The summed E-state index contributed by atoms with van der Waals surface area (Å²) in [7, 11) is 1.43. The highest BCUT2D eigenvalue weighted by Gasteiger charge is 2.46. The van der Waals surface area contributed by atoms with Gasteiger partial charge in [0.15, 0.2) is 0 Å². The molecule has 0 radical (unpaired) electrons. The van der Waals surface area contributed by atoms with Gasteiger partial charge in [-0.3, -0.25) is 4.79 Å². The van der Waals surface area contributed by atoms with E-state index in [2.05, 4.69) is 51.2 Å². The third kappa shape index (κ3) is 4.11. The van der Waals surface area contributed by atoms with E-state index in [1.165, 1.54) is 61.4 Å². The quantitative estimate of drug-likeness (QED) is 0.444. The Bertz CT molecular complexity index is 1480. The summed E-state index contributed by atoms with van der Waals surface area (Å²) in [5.41, 5.74) is 7.55. The first-order valence-electron chi connectivity index (χ1n) is 14.6. The fourth-order valence-electron chi connectivity index (χ4n) is 7.64. The van der Waals surface area contributed by atoms with E-state index in [0.717, 1.165) is 55.7 Å². The zero-order valence-corrected chi connectivity index (χ0v) is 22.8. The van der Waals surface area contributed by atoms with Crippen LogP contribution in [0.15, 0.2) is 48.0 Å². The second-order valence-electron chi connectivity index (χ2n) is 12.1. The molecule has 4 aliphatic rings. The number of likely N-dealkylation sites (tertiary alicyclic amines) is 1. The molecule has 3 aliphatic heterocycles. The Morgan fingerprint density at radius 1 is 1.00 bits per heavy atom. The summed E-state index contributed by atoms with van der Waals surface area (Å²) < 4.78 is 7.40. The lowest BCUT2D eigenvalue weighted by molar-refractivity contribution is -0.140. The normalized spacial score (nSPS) is 20.5. The average molecular weight is 524 g/mol. The van der Waals surface area contributed by atoms with Gasteiger partial charge in [0.25, 0.3) is 5.91 Å². The van der Waals surface area contributed by atoms with Crippen molar-refractivity contribution in [3.8, 4) is 11.3 Å². The first kappa shape index (κ1) is 24.6. The second kappa shape index (κ2) is 9.67. The number of fused-ring (bicyclic) bond motifs is 5. The molecule has 2 saturated heterocycles. The van der Waals surface area contributed by atoms with Gasteiger partial charge in [0.05, 0.1) is 24.9 Å². The molecule has 2 aromatic carbocycles. The van der Waals surface area contributed by atoms with E-state index >= 15 is 0 Å². The van der Waals surface area contributed by atoms with Gasteiger partial charge in [-0.05, 0) is 74.0 Å². The van der Waals surface area contributed by atoms with Crippen LogP contribution in [0.1, 0.15) is 72.3 Å². The number of hydrogen-bond donors (Lipinski definition) is 1. The highest BCUT2D eigenvalue weighted by Crippen LogP contribution is 2.47. The number of nitrogens with zero attached hydrogens (tertiary/aromatic N) is 2. The fraction of sp³-hybridized carbons (Fsp3) is 0.455. The van der Waals surface area contributed by atoms with Gasteiger partial charge in [0.2, 0.25) is 0 Å². The number of carbonyl (C=O) groups is 2. The number of aromatic nitrogens is 1. The van der Waals surface area contributed by atoms with E-state index in [0.29, 0.717) is 23.4 Å². The number of nitrogens with one attached hydrogen (secondary N) is 1. The predicted molar refractivity (Wildman–Crippen MR) is 154 cm³/mol. The Labute approximate surface area is 230 Å². The summed E-state index contributed by atoms with van der Waals surface area (Å²) >= 11 is 0. The van der Waals surface area contributed by atoms with E-state index in [-0.39, 0.29) is 11.9 Å². The average Bonchev–Trinajstić information content (AvgIpc) is 3.18. The maximum absolute atomic E-state index is 14.0. The maximum atomic E-state index is 14.0. The highest BCUT2D eigenvalue weighted by atomic mass is 16.5. The fourth-order valence-corrected chi connectivity index (χ4v) is 7.64. The lowest BCUT2D eigenvalue weighted by atomic mass is 9.72. The Morgan fingerprint density at radius 2 is 1.77 bits per heavy atom. The first-order valence-corrected chi connectivity index (χ1v) is 14.6. The number of ether oxygens (including phenoxy) is 1. The molecular formula is C33H37N3O3. The van der Waals surface area contributed by atoms with E-state index < -0.39 is 0 Å². The molecule has 1 spiro atoms. The number of amides is 1. The van der Waals surface area contributed by atoms with Crippen molar-refractivity contribution in [3.63, 3.8) is 0 Å². The lowest BCUT2D eigenvalue weighted by Crippen LogP contribution is -2.61. The summed E-state index contributed by atoms with van der Waals surface area (Å²) in [5.74, 6) is 0.286. The third-order valence-corrected chi connectivity index (χ3v) is 9.69. The summed E-state index contributed by atoms with van der Waals surface area (Å²) in [6.07, 6.45) is 10.5. The Balaban J connectivity index is 1.36. The molecule has 1 aromatic heterocycles. The smallest absolute Gasteiger partial charge is 0.337 e. The van der Waals surface area contributed by atoms with Crippen LogP contribution in [0.5, 0.6) is 0 Å². The predicted octanol–water partition coefficient (Wildman–Crippen LogP) is 5.75. The minimum Gasteiger partial charge on any atom is -0.465 e. The van der Waals surface area contributed by atoms with Gasteiger partial charge >= 0.3 is 5.97 Å². The molecule has 7 rings (SSSR count). The van der Waals surface area contributed by atoms with Gasteiger partial charge in [-0.2, -0.15) is 0 Å². The molecule has 3 fully saturated rings. The molecule has 1 saturated carbocycles. The third-order valence-electron chi connectivity index (χ3n) is 9.69. The lowest BCUT2D eigenvalue weighted by Gasteiger charge is -2.52. The topological polar surface area (TPSA) is 63.6 Å². The molecular weight excluding hydrogens is 486 g/mol. The molecule has 4 heterocycles. The Hall–Kier alpha value is -3.38. The number of carbonyl (C=O) groups excluding carboxylic acids is 2. The molecule has 39 heavy (non-hydrogen) atoms. The molecule has 6 heteroatoms. The van der Waals surface area contributed by atoms with Crippen molar-refractivity contribution in [2.75, 3.05) is 33.3 Å². The highest BCUT2D eigenvalue weighted by molar-refractivity contribution is 6.03. The van der Waals surface area contributed by atoms with E-state index in [1.54, 1.807) is 0 Å². The number of hydrogen-bond acceptors (Lipinski definition) is 4. The summed E-state index contributed by atoms with van der Waals surface area (Å²) in [6, 6.07) is 14.5. The summed E-state index contributed by atoms with van der Waals surface area (Å²) in [5, 5.41) is 4.66. The van der Waals surface area contributed by atoms with Gasteiger partial charge in [-0.15, -0.1) is 0 Å². The Morgan fingerprint density at radius 3 is 2.54 bits per heavy atom. The van der Waals surface area contributed by atoms with Crippen LogP contribution in [0.3, 0.4) is 0 Å². The van der Waals surface area contributed by atoms with Gasteiger partial charge in [0.1, 0.15) is 0 Å². The van der Waals surface area contributed by atoms with Gasteiger partial charge in [-0.1, -0.05) is 49.6 Å². The minimum atomic E-state index is -0.333. The van der Waals surface area contributed by atoms with E-state index in [4.69, 9.17) is 4.74 Å². The summed E-state index contributed by atoms with van der Waals surface area (Å²) in [6.45, 7) is 4.30. The van der Waals surface area contributed by atoms with Crippen molar-refractivity contribution < 1.29 is 14.3 Å². The molecule has 6 nitrogen and oxygen atoms in total. The zero-order valence-electron chi connectivity index (χ0n) is 22.8. The standard InChI is InChI=1S/C33H37N3O3/c1-39-32(38)24-11-12-27-28(18-24)36-19-25(31(37)35-20-33(21-35)13-15-34-16-14-33)17-23-9-5-6-10-26(23)30(36)29(27)22-7-3-2-4-8-22/h5-6,9-12,17-18,22,34H,2-4,7-8,13-16,19-21H2,1H3. The largest absolute Gasteiger partial charge is 0.465 e. The summed E-state index contributed by atoms with van der Waals surface area (Å²) in [4.78, 5) is 28.6. The van der Waals surface area contributed by atoms with Gasteiger partial charge in [-0.25, -0.2) is 4.79 Å². The number of benzene rings is 2. The van der Waals surface area contributed by atoms with Crippen molar-refractivity contribution in [3.05, 3.63) is 64.7 Å². The van der Waals surface area contributed by atoms with E-state index in [1.807, 2.05) is 12.1 Å². The number of methoxy groups -OCH3 is 1. The van der Waals surface area contributed by atoms with E-state index in [9.17, 15) is 9.59 Å². The van der Waals surface area contributed by atoms with Crippen molar-refractivity contribution in [2.24, 2.45) is 5.41 Å². The number of rotatable bonds is 3. The molecule has 0 bridgehead atoms. The molecule has 1 N–H and O–H groups in total. The minimum absolute atomic E-state index is 0.145. The van der Waals surface area contributed by atoms with Crippen LogP contribution in [0, 0.1) is 5.41 Å². The zero-order chi connectivity index (χ0) is 26.6. The van der Waals surface area contributed by atoms with Crippen LogP contribution in [0.4, 0.5) is 0 Å². The van der Waals surface area contributed by atoms with Crippen LogP contribution < -0.4 is 5.32 Å². The number of piperidine rings is 1. The second-order valence-corrected chi connectivity index (χ2v) is 12.1. The van der Waals surface area contributed by atoms with Crippen molar-refractivity contribution >= 4 is 28.9 Å². The van der Waals surface area contributed by atoms with Crippen molar-refractivity contribution in [1.82, 2.24) is 14.8 Å². The number of esters is 1. The molecule has 0 unspecified atom stereocenters. The molecule has 0 atom stereocenters. The van der Waals surface area contributed by atoms with Crippen LogP contribution >= 0.6 is 0 Å². The van der Waals surface area contributed by atoms with Gasteiger partial charge in [0, 0.05) is 40.5 Å². The Kier molecular flexibility index (Phi) is 6.11. The maximum Gasteiger partial charge on any atom is 0.337 e. The molecule has 1 aliphatic carbocycles. The van der Waals surface area contributed by atoms with Crippen molar-refractivity contribution in [1.29, 1.82) is 0 Å². The SMILES string of the molecule is COC(=O)c1ccc2c(C3CCCCC3)c3n(c2c1)CC(C(=O)N1CC2(CCNCC2)C1)=Cc1ccccc1-3. The molecule has 1 amide bonds. The monoisotopic (exact) mass is 523 g/mol. The van der Waals surface area contributed by atoms with Crippen LogP contribution in [0.2, 0.25) is 0 Å². The van der Waals surface area contributed by atoms with Gasteiger partial charge < -0.3 is 19.5 Å². The molecule has 3 aromatic rings. The van der Waals surface area contributed by atoms with Crippen molar-refractivity contribution in [2.45, 2.75) is 57.4 Å². The first-order chi connectivity index (χ1) is 19.1.